The van der Waals surface area contributed by atoms with Crippen LogP contribution in [0.3, 0.4) is 0 Å². The zero-order valence-electron chi connectivity index (χ0n) is 15.9. The molecule has 0 aliphatic rings. The molecule has 1 N–H and O–H groups in total. The fraction of sp³-hybridized carbons (Fsp3) is 0.238. The van der Waals surface area contributed by atoms with Crippen LogP contribution < -0.4 is 5.32 Å². The molecule has 1 aromatic heterocycles. The van der Waals surface area contributed by atoms with Gasteiger partial charge in [-0.2, -0.15) is 13.2 Å². The predicted octanol–water partition coefficient (Wildman–Crippen LogP) is 6.66. The van der Waals surface area contributed by atoms with E-state index >= 15 is 0 Å². The minimum absolute atomic E-state index is 0.0297. The highest BCUT2D eigenvalue weighted by atomic mass is 32.1. The maximum absolute atomic E-state index is 13.9. The molecule has 8 heteroatoms. The van der Waals surface area contributed by atoms with Crippen LogP contribution in [-0.4, -0.2) is 17.3 Å². The lowest BCUT2D eigenvalue weighted by Gasteiger charge is -2.08. The third-order valence-electron chi connectivity index (χ3n) is 3.93. The minimum atomic E-state index is -4.46. The molecule has 3 nitrogen and oxygen atoms in total. The fourth-order valence-electron chi connectivity index (χ4n) is 2.56. The Bertz CT molecular complexity index is 958. The summed E-state index contributed by atoms with van der Waals surface area (Å²) >= 11 is 1.10. The number of halogens is 4. The monoisotopic (exact) mass is 424 g/mol. The Kier molecular flexibility index (Phi) is 7.50. The Hall–Kier alpha value is -2.74. The van der Waals surface area contributed by atoms with Crippen LogP contribution in [0.25, 0.3) is 16.5 Å². The SMILES string of the molecule is C=Cc1nc(NCC(=O)C(=C/C)/C(F)=C\CC)sc1-c1cccc(C(F)(F)F)c1. The van der Waals surface area contributed by atoms with Crippen molar-refractivity contribution >= 4 is 28.3 Å². The van der Waals surface area contributed by atoms with Gasteiger partial charge in [0.25, 0.3) is 0 Å². The summed E-state index contributed by atoms with van der Waals surface area (Å²) in [5.74, 6) is -1.04. The minimum Gasteiger partial charge on any atom is -0.354 e. The number of hydrogen-bond donors (Lipinski definition) is 1. The van der Waals surface area contributed by atoms with Gasteiger partial charge in [0.2, 0.25) is 0 Å². The number of allylic oxidation sites excluding steroid dienone is 3. The summed E-state index contributed by atoms with van der Waals surface area (Å²) in [5, 5.41) is 3.15. The molecule has 0 spiro atoms. The van der Waals surface area contributed by atoms with Crippen LogP contribution in [0.15, 0.2) is 54.4 Å². The molecule has 0 unspecified atom stereocenters. The zero-order valence-corrected chi connectivity index (χ0v) is 16.8. The fourth-order valence-corrected chi connectivity index (χ4v) is 3.52. The summed E-state index contributed by atoms with van der Waals surface area (Å²) in [7, 11) is 0. The summed E-state index contributed by atoms with van der Waals surface area (Å²) in [6.45, 7) is 6.78. The van der Waals surface area contributed by atoms with E-state index in [0.29, 0.717) is 27.7 Å². The van der Waals surface area contributed by atoms with Gasteiger partial charge in [0.15, 0.2) is 10.9 Å². The first-order chi connectivity index (χ1) is 13.7. The quantitative estimate of drug-likeness (QED) is 0.293. The van der Waals surface area contributed by atoms with Crippen molar-refractivity contribution in [1.82, 2.24) is 4.98 Å². The Morgan fingerprint density at radius 3 is 2.66 bits per heavy atom. The Balaban J connectivity index is 2.24. The molecule has 154 valence electrons. The van der Waals surface area contributed by atoms with Crippen molar-refractivity contribution in [2.45, 2.75) is 26.4 Å². The van der Waals surface area contributed by atoms with Crippen molar-refractivity contribution in [2.75, 3.05) is 11.9 Å². The van der Waals surface area contributed by atoms with Crippen LogP contribution in [-0.2, 0) is 11.0 Å². The first-order valence-electron chi connectivity index (χ1n) is 8.81. The molecule has 0 radical (unpaired) electrons. The van der Waals surface area contributed by atoms with Crippen molar-refractivity contribution in [1.29, 1.82) is 0 Å². The molecule has 1 aromatic carbocycles. The number of hydrogen-bond acceptors (Lipinski definition) is 4. The van der Waals surface area contributed by atoms with Crippen molar-refractivity contribution in [3.05, 3.63) is 65.7 Å². The molecule has 0 amide bonds. The van der Waals surface area contributed by atoms with Gasteiger partial charge in [-0.25, -0.2) is 9.37 Å². The molecule has 0 bridgehead atoms. The van der Waals surface area contributed by atoms with Crippen LogP contribution in [0.5, 0.6) is 0 Å². The Labute approximate surface area is 170 Å². The number of nitrogens with one attached hydrogen (secondary N) is 1. The van der Waals surface area contributed by atoms with E-state index in [9.17, 15) is 22.4 Å². The summed E-state index contributed by atoms with van der Waals surface area (Å²) < 4.78 is 52.9. The lowest BCUT2D eigenvalue weighted by molar-refractivity contribution is -0.137. The predicted molar refractivity (Wildman–Crippen MR) is 109 cm³/mol. The number of thiazole rings is 1. The van der Waals surface area contributed by atoms with Gasteiger partial charge in [-0.1, -0.05) is 43.0 Å². The van der Waals surface area contributed by atoms with E-state index in [2.05, 4.69) is 16.9 Å². The van der Waals surface area contributed by atoms with Crippen molar-refractivity contribution in [3.63, 3.8) is 0 Å². The van der Waals surface area contributed by atoms with E-state index in [0.717, 1.165) is 23.5 Å². The van der Waals surface area contributed by atoms with Gasteiger partial charge in [-0.3, -0.25) is 4.79 Å². The maximum Gasteiger partial charge on any atom is 0.416 e. The Morgan fingerprint density at radius 2 is 2.07 bits per heavy atom. The summed E-state index contributed by atoms with van der Waals surface area (Å²) in [6.07, 6.45) is 0.149. The van der Waals surface area contributed by atoms with Crippen LogP contribution in [0.4, 0.5) is 22.7 Å². The molecule has 0 aliphatic heterocycles. The highest BCUT2D eigenvalue weighted by molar-refractivity contribution is 7.19. The topological polar surface area (TPSA) is 42.0 Å². The number of carbonyl (C=O) groups excluding carboxylic acids is 1. The van der Waals surface area contributed by atoms with E-state index in [-0.39, 0.29) is 12.1 Å². The summed E-state index contributed by atoms with van der Waals surface area (Å²) in [6, 6.07) is 4.90. The van der Waals surface area contributed by atoms with Crippen LogP contribution in [0, 0.1) is 0 Å². The first kappa shape index (κ1) is 22.5. The highest BCUT2D eigenvalue weighted by Crippen LogP contribution is 2.37. The number of Topliss-reactive ketones (excluding diaryl/α,β-unsaturated/α-hetero) is 1. The van der Waals surface area contributed by atoms with Crippen LogP contribution >= 0.6 is 11.3 Å². The number of nitrogens with zero attached hydrogens (tertiary/aromatic N) is 1. The molecule has 0 saturated heterocycles. The van der Waals surface area contributed by atoms with E-state index in [1.54, 1.807) is 19.9 Å². The maximum atomic E-state index is 13.9. The third-order valence-corrected chi connectivity index (χ3v) is 5.01. The van der Waals surface area contributed by atoms with Crippen molar-refractivity contribution < 1.29 is 22.4 Å². The van der Waals surface area contributed by atoms with Gasteiger partial charge in [0.1, 0.15) is 5.83 Å². The van der Waals surface area contributed by atoms with Gasteiger partial charge >= 0.3 is 6.18 Å². The normalized spacial score (nSPS) is 12.8. The third kappa shape index (κ3) is 5.63. The molecular formula is C21H20F4N2OS. The van der Waals surface area contributed by atoms with Gasteiger partial charge in [-0.05, 0) is 43.2 Å². The largest absolute Gasteiger partial charge is 0.416 e. The average molecular weight is 424 g/mol. The molecule has 1 heterocycles. The van der Waals surface area contributed by atoms with Crippen molar-refractivity contribution in [2.24, 2.45) is 0 Å². The number of rotatable bonds is 8. The molecule has 0 aliphatic carbocycles. The number of anilines is 1. The standard InChI is InChI=1S/C21H20F4N2OS/c1-4-8-16(22)15(5-2)18(28)12-26-20-27-17(6-3)19(29-20)13-9-7-10-14(11-13)21(23,24)25/h5-11H,3-4,12H2,1-2H3,(H,26,27)/b15-5+,16-8+. The molecule has 0 saturated carbocycles. The number of alkyl halides is 3. The van der Waals surface area contributed by atoms with Gasteiger partial charge < -0.3 is 5.32 Å². The van der Waals surface area contributed by atoms with Crippen LogP contribution in [0.2, 0.25) is 0 Å². The smallest absolute Gasteiger partial charge is 0.354 e. The lowest BCUT2D eigenvalue weighted by Crippen LogP contribution is -2.16. The molecular weight excluding hydrogens is 404 g/mol. The number of aromatic nitrogens is 1. The van der Waals surface area contributed by atoms with E-state index in [1.165, 1.54) is 24.3 Å². The first-order valence-corrected chi connectivity index (χ1v) is 9.63. The zero-order chi connectivity index (χ0) is 21.6. The van der Waals surface area contributed by atoms with Crippen LogP contribution in [0.1, 0.15) is 31.5 Å². The Morgan fingerprint density at radius 1 is 1.34 bits per heavy atom. The van der Waals surface area contributed by atoms with Crippen molar-refractivity contribution in [3.8, 4) is 10.4 Å². The van der Waals surface area contributed by atoms with Gasteiger partial charge in [0.05, 0.1) is 28.3 Å². The lowest BCUT2D eigenvalue weighted by atomic mass is 10.1. The number of benzene rings is 1. The molecule has 2 rings (SSSR count). The number of ketones is 1. The molecule has 0 fully saturated rings. The molecule has 29 heavy (non-hydrogen) atoms. The van der Waals surface area contributed by atoms with Gasteiger partial charge in [0, 0.05) is 0 Å². The summed E-state index contributed by atoms with van der Waals surface area (Å²) in [5.41, 5.74) is -0.0535. The average Bonchev–Trinajstić information content (AvgIpc) is 3.10. The molecule has 0 atom stereocenters. The second kappa shape index (κ2) is 9.65. The second-order valence-electron chi connectivity index (χ2n) is 5.96. The number of carbonyl (C=O) groups is 1. The van der Waals surface area contributed by atoms with Gasteiger partial charge in [-0.15, -0.1) is 0 Å². The van der Waals surface area contributed by atoms with E-state index in [1.807, 2.05) is 0 Å². The van der Waals surface area contributed by atoms with E-state index in [4.69, 9.17) is 0 Å². The summed E-state index contributed by atoms with van der Waals surface area (Å²) in [4.78, 5) is 17.0. The highest BCUT2D eigenvalue weighted by Gasteiger charge is 2.30. The molecule has 2 aromatic rings. The second-order valence-corrected chi connectivity index (χ2v) is 6.95. The van der Waals surface area contributed by atoms with E-state index < -0.39 is 23.3 Å².